The van der Waals surface area contributed by atoms with Gasteiger partial charge in [-0.15, -0.1) is 16.4 Å². The first kappa shape index (κ1) is 18.8. The zero-order valence-corrected chi connectivity index (χ0v) is 16.0. The van der Waals surface area contributed by atoms with Crippen LogP contribution in [0, 0.1) is 0 Å². The number of benzene rings is 1. The predicted octanol–water partition coefficient (Wildman–Crippen LogP) is 2.20. The molecule has 3 rings (SSSR count). The number of aryl methyl sites for hydroxylation is 1. The molecule has 0 spiro atoms. The number of rotatable bonds is 9. The monoisotopic (exact) mass is 387 g/mol. The standard InChI is InChI=1S/C18H21N5O3S/c1-3-18-20-13(12-27-18)8-19-17(24)10-23-9-14(21-22-23)11-26-16-7-5-4-6-15(16)25-2/h4-7,9,12H,3,8,10-11H2,1-2H3,(H,19,24). The van der Waals surface area contributed by atoms with Crippen LogP contribution in [0.3, 0.4) is 0 Å². The highest BCUT2D eigenvalue weighted by molar-refractivity contribution is 7.09. The molecule has 0 aliphatic heterocycles. The lowest BCUT2D eigenvalue weighted by molar-refractivity contribution is -0.122. The fourth-order valence-corrected chi connectivity index (χ4v) is 3.10. The van der Waals surface area contributed by atoms with Gasteiger partial charge in [0.2, 0.25) is 5.91 Å². The summed E-state index contributed by atoms with van der Waals surface area (Å²) in [5.41, 5.74) is 1.50. The summed E-state index contributed by atoms with van der Waals surface area (Å²) in [6.07, 6.45) is 2.59. The number of hydrogen-bond donors (Lipinski definition) is 1. The van der Waals surface area contributed by atoms with Gasteiger partial charge in [0.1, 0.15) is 18.8 Å². The largest absolute Gasteiger partial charge is 0.493 e. The van der Waals surface area contributed by atoms with E-state index in [1.165, 1.54) is 4.68 Å². The summed E-state index contributed by atoms with van der Waals surface area (Å²) in [5, 5.41) is 13.9. The Hall–Kier alpha value is -2.94. The van der Waals surface area contributed by atoms with Crippen LogP contribution in [0.4, 0.5) is 0 Å². The summed E-state index contributed by atoms with van der Waals surface area (Å²) >= 11 is 1.60. The summed E-state index contributed by atoms with van der Waals surface area (Å²) in [6, 6.07) is 7.38. The van der Waals surface area contributed by atoms with Crippen molar-refractivity contribution in [1.29, 1.82) is 0 Å². The molecule has 0 aliphatic carbocycles. The van der Waals surface area contributed by atoms with E-state index in [1.54, 1.807) is 24.6 Å². The number of thiazole rings is 1. The van der Waals surface area contributed by atoms with Crippen molar-refractivity contribution in [1.82, 2.24) is 25.3 Å². The number of hydrogen-bond acceptors (Lipinski definition) is 7. The van der Waals surface area contributed by atoms with Crippen molar-refractivity contribution in [3.63, 3.8) is 0 Å². The average Bonchev–Trinajstić information content (AvgIpc) is 3.34. The normalized spacial score (nSPS) is 10.6. The summed E-state index contributed by atoms with van der Waals surface area (Å²) < 4.78 is 12.4. The Morgan fingerprint density at radius 3 is 2.81 bits per heavy atom. The van der Waals surface area contributed by atoms with E-state index in [1.807, 2.05) is 29.6 Å². The van der Waals surface area contributed by atoms with E-state index in [-0.39, 0.29) is 19.1 Å². The lowest BCUT2D eigenvalue weighted by Crippen LogP contribution is -2.27. The number of amides is 1. The van der Waals surface area contributed by atoms with Gasteiger partial charge in [-0.05, 0) is 18.6 Å². The molecule has 0 aliphatic rings. The number of methoxy groups -OCH3 is 1. The van der Waals surface area contributed by atoms with Gasteiger partial charge in [-0.1, -0.05) is 24.3 Å². The minimum atomic E-state index is -0.150. The van der Waals surface area contributed by atoms with E-state index < -0.39 is 0 Å². The third kappa shape index (κ3) is 5.27. The van der Waals surface area contributed by atoms with Crippen molar-refractivity contribution in [2.45, 2.75) is 33.0 Å². The van der Waals surface area contributed by atoms with Crippen molar-refractivity contribution in [2.24, 2.45) is 0 Å². The van der Waals surface area contributed by atoms with E-state index in [0.717, 1.165) is 17.1 Å². The molecule has 0 fully saturated rings. The van der Waals surface area contributed by atoms with Gasteiger partial charge in [-0.2, -0.15) is 0 Å². The fourth-order valence-electron chi connectivity index (χ4n) is 2.36. The van der Waals surface area contributed by atoms with Crippen LogP contribution >= 0.6 is 11.3 Å². The highest BCUT2D eigenvalue weighted by Crippen LogP contribution is 2.26. The van der Waals surface area contributed by atoms with Gasteiger partial charge >= 0.3 is 0 Å². The number of para-hydroxylation sites is 2. The summed E-state index contributed by atoms with van der Waals surface area (Å²) in [5.74, 6) is 1.13. The Labute approximate surface area is 161 Å². The van der Waals surface area contributed by atoms with Crippen LogP contribution in [0.5, 0.6) is 11.5 Å². The molecule has 2 heterocycles. The van der Waals surface area contributed by atoms with Crippen LogP contribution in [0.15, 0.2) is 35.8 Å². The highest BCUT2D eigenvalue weighted by atomic mass is 32.1. The molecular formula is C18H21N5O3S. The highest BCUT2D eigenvalue weighted by Gasteiger charge is 2.09. The molecule has 1 amide bonds. The molecule has 0 saturated heterocycles. The van der Waals surface area contributed by atoms with Crippen LogP contribution in [-0.2, 0) is 30.9 Å². The van der Waals surface area contributed by atoms with Crippen LogP contribution in [-0.4, -0.2) is 33.0 Å². The fraction of sp³-hybridized carbons (Fsp3) is 0.333. The average molecular weight is 387 g/mol. The van der Waals surface area contributed by atoms with Crippen molar-refractivity contribution in [2.75, 3.05) is 7.11 Å². The van der Waals surface area contributed by atoms with Crippen molar-refractivity contribution in [3.8, 4) is 11.5 Å². The molecule has 0 unspecified atom stereocenters. The number of nitrogens with zero attached hydrogens (tertiary/aromatic N) is 4. The molecule has 8 nitrogen and oxygen atoms in total. The Balaban J connectivity index is 1.47. The first-order valence-electron chi connectivity index (χ1n) is 8.52. The Morgan fingerprint density at radius 1 is 1.26 bits per heavy atom. The molecule has 2 aromatic heterocycles. The van der Waals surface area contributed by atoms with Gasteiger partial charge in [-0.25, -0.2) is 9.67 Å². The summed E-state index contributed by atoms with van der Waals surface area (Å²) in [7, 11) is 1.59. The van der Waals surface area contributed by atoms with Crippen LogP contribution in [0.1, 0.15) is 23.3 Å². The lowest BCUT2D eigenvalue weighted by atomic mass is 10.3. The summed E-state index contributed by atoms with van der Waals surface area (Å²) in [6.45, 7) is 2.79. The van der Waals surface area contributed by atoms with E-state index in [9.17, 15) is 4.79 Å². The minimum absolute atomic E-state index is 0.0897. The molecule has 9 heteroatoms. The van der Waals surface area contributed by atoms with Crippen molar-refractivity contribution in [3.05, 3.63) is 52.2 Å². The van der Waals surface area contributed by atoms with Gasteiger partial charge in [0.15, 0.2) is 11.5 Å². The Morgan fingerprint density at radius 2 is 2.07 bits per heavy atom. The third-order valence-electron chi connectivity index (χ3n) is 3.70. The van der Waals surface area contributed by atoms with Crippen LogP contribution in [0.25, 0.3) is 0 Å². The number of nitrogens with one attached hydrogen (secondary N) is 1. The molecule has 27 heavy (non-hydrogen) atoms. The topological polar surface area (TPSA) is 91.2 Å². The third-order valence-corrected chi connectivity index (χ3v) is 4.75. The quantitative estimate of drug-likeness (QED) is 0.605. The Kier molecular flexibility index (Phi) is 6.37. The van der Waals surface area contributed by atoms with E-state index >= 15 is 0 Å². The van der Waals surface area contributed by atoms with Crippen molar-refractivity contribution >= 4 is 17.2 Å². The predicted molar refractivity (Wildman–Crippen MR) is 101 cm³/mol. The van der Waals surface area contributed by atoms with E-state index in [0.29, 0.717) is 23.7 Å². The number of aromatic nitrogens is 4. The van der Waals surface area contributed by atoms with Crippen LogP contribution in [0.2, 0.25) is 0 Å². The number of ether oxygens (including phenoxy) is 2. The SMILES string of the molecule is CCc1nc(CNC(=O)Cn2cc(COc3ccccc3OC)nn2)cs1. The maximum atomic E-state index is 12.1. The van der Waals surface area contributed by atoms with Gasteiger partial charge in [-0.3, -0.25) is 4.79 Å². The maximum absolute atomic E-state index is 12.1. The first-order valence-corrected chi connectivity index (χ1v) is 9.40. The molecule has 0 atom stereocenters. The molecule has 1 aromatic carbocycles. The zero-order valence-electron chi connectivity index (χ0n) is 15.2. The van der Waals surface area contributed by atoms with E-state index in [4.69, 9.17) is 9.47 Å². The van der Waals surface area contributed by atoms with Gasteiger partial charge in [0.25, 0.3) is 0 Å². The van der Waals surface area contributed by atoms with Gasteiger partial charge < -0.3 is 14.8 Å². The van der Waals surface area contributed by atoms with Crippen molar-refractivity contribution < 1.29 is 14.3 Å². The molecule has 0 bridgehead atoms. The molecule has 142 valence electrons. The molecule has 0 radical (unpaired) electrons. The number of carbonyl (C=O) groups excluding carboxylic acids is 1. The smallest absolute Gasteiger partial charge is 0.242 e. The summed E-state index contributed by atoms with van der Waals surface area (Å²) in [4.78, 5) is 16.5. The minimum Gasteiger partial charge on any atom is -0.493 e. The molecule has 0 saturated carbocycles. The van der Waals surface area contributed by atoms with Gasteiger partial charge in [0.05, 0.1) is 30.6 Å². The number of carbonyl (C=O) groups is 1. The van der Waals surface area contributed by atoms with Crippen LogP contribution < -0.4 is 14.8 Å². The second-order valence-electron chi connectivity index (χ2n) is 5.71. The first-order chi connectivity index (χ1) is 13.2. The maximum Gasteiger partial charge on any atom is 0.242 e. The molecular weight excluding hydrogens is 366 g/mol. The lowest BCUT2D eigenvalue weighted by Gasteiger charge is -2.08. The van der Waals surface area contributed by atoms with Gasteiger partial charge in [0, 0.05) is 5.38 Å². The van der Waals surface area contributed by atoms with E-state index in [2.05, 4.69) is 27.5 Å². The molecule has 3 aromatic rings. The second-order valence-corrected chi connectivity index (χ2v) is 6.65. The zero-order chi connectivity index (χ0) is 19.1. The molecule has 1 N–H and O–H groups in total. The Bertz CT molecular complexity index is 893. The second kappa shape index (κ2) is 9.13.